The first kappa shape index (κ1) is 22.0. The summed E-state index contributed by atoms with van der Waals surface area (Å²) >= 11 is 4.64. The van der Waals surface area contributed by atoms with Crippen LogP contribution in [-0.4, -0.2) is 31.1 Å². The van der Waals surface area contributed by atoms with Crippen LogP contribution in [0.15, 0.2) is 77.6 Å². The fraction of sp³-hybridized carbons (Fsp3) is 0.0435. The SMILES string of the molecule is O=C1NC(=O)C(=Cc2cnn3c([S+]([O-])Cc4ccccc4)cc(Nc4cccc(Cl)c4)nc23)N1. The standard InChI is InChI=1S/C23H17ClN6O3S/c24-16-7-4-8-17(10-16)26-19-11-20(34(33)13-14-5-2-1-3-6-14)30-21(28-19)15(12-25-30)9-18-22(31)29-23(32)27-18/h1-12H,13H2,(H,26,28)(H2,27,29,31,32). The number of urea groups is 1. The molecule has 0 spiro atoms. The molecule has 1 unspecified atom stereocenters. The molecule has 0 saturated carbocycles. The van der Waals surface area contributed by atoms with E-state index >= 15 is 0 Å². The van der Waals surface area contributed by atoms with Crippen LogP contribution in [0.3, 0.4) is 0 Å². The summed E-state index contributed by atoms with van der Waals surface area (Å²) in [6.07, 6.45) is 2.97. The molecule has 1 aliphatic heterocycles. The lowest BCUT2D eigenvalue weighted by atomic mass is 10.2. The van der Waals surface area contributed by atoms with Gasteiger partial charge in [0.2, 0.25) is 0 Å². The molecule has 2 aromatic carbocycles. The molecule has 0 radical (unpaired) electrons. The van der Waals surface area contributed by atoms with Gasteiger partial charge in [-0.05, 0) is 24.3 Å². The highest BCUT2D eigenvalue weighted by Crippen LogP contribution is 2.26. The van der Waals surface area contributed by atoms with Crippen molar-refractivity contribution in [2.75, 3.05) is 5.32 Å². The molecule has 3 N–H and O–H groups in total. The number of aromatic nitrogens is 3. The van der Waals surface area contributed by atoms with Gasteiger partial charge >= 0.3 is 6.03 Å². The number of amides is 3. The third-order valence-electron chi connectivity index (χ3n) is 4.96. The molecule has 0 aliphatic carbocycles. The summed E-state index contributed by atoms with van der Waals surface area (Å²) in [4.78, 5) is 28.1. The van der Waals surface area contributed by atoms with Gasteiger partial charge in [-0.3, -0.25) is 10.1 Å². The molecular formula is C23H17ClN6O3S. The third-order valence-corrected chi connectivity index (χ3v) is 6.54. The number of nitrogens with one attached hydrogen (secondary N) is 3. The molecule has 1 fully saturated rings. The van der Waals surface area contributed by atoms with Crippen LogP contribution in [0.4, 0.5) is 16.3 Å². The van der Waals surface area contributed by atoms with E-state index in [1.54, 1.807) is 24.3 Å². The number of nitrogens with zero attached hydrogens (tertiary/aromatic N) is 3. The molecule has 34 heavy (non-hydrogen) atoms. The van der Waals surface area contributed by atoms with Crippen molar-refractivity contribution in [3.63, 3.8) is 0 Å². The zero-order chi connectivity index (χ0) is 23.7. The van der Waals surface area contributed by atoms with Crippen LogP contribution in [0.2, 0.25) is 5.02 Å². The van der Waals surface area contributed by atoms with Gasteiger partial charge in [0.15, 0.2) is 5.65 Å². The van der Waals surface area contributed by atoms with Gasteiger partial charge in [0.05, 0.1) is 12.3 Å². The zero-order valence-electron chi connectivity index (χ0n) is 17.5. The maximum absolute atomic E-state index is 13.4. The lowest BCUT2D eigenvalue weighted by Crippen LogP contribution is -2.22. The smallest absolute Gasteiger partial charge is 0.326 e. The van der Waals surface area contributed by atoms with E-state index in [1.165, 1.54) is 16.8 Å². The van der Waals surface area contributed by atoms with Crippen LogP contribution in [0, 0.1) is 0 Å². The van der Waals surface area contributed by atoms with Crippen molar-refractivity contribution < 1.29 is 14.1 Å². The Kier molecular flexibility index (Phi) is 5.93. The van der Waals surface area contributed by atoms with Crippen LogP contribution < -0.4 is 16.0 Å². The van der Waals surface area contributed by atoms with Crippen molar-refractivity contribution in [3.05, 3.63) is 88.7 Å². The van der Waals surface area contributed by atoms with Crippen molar-refractivity contribution in [1.29, 1.82) is 0 Å². The normalized spacial score (nSPS) is 15.4. The second-order valence-electron chi connectivity index (χ2n) is 7.39. The molecule has 5 rings (SSSR count). The Labute approximate surface area is 202 Å². The van der Waals surface area contributed by atoms with Gasteiger partial charge < -0.3 is 15.2 Å². The molecule has 1 atom stereocenters. The highest BCUT2D eigenvalue weighted by molar-refractivity contribution is 7.90. The molecule has 11 heteroatoms. The van der Waals surface area contributed by atoms with E-state index < -0.39 is 23.1 Å². The van der Waals surface area contributed by atoms with Gasteiger partial charge in [-0.2, -0.15) is 9.61 Å². The number of hydrogen-bond donors (Lipinski definition) is 3. The van der Waals surface area contributed by atoms with Crippen LogP contribution >= 0.6 is 11.6 Å². The van der Waals surface area contributed by atoms with Crippen molar-refractivity contribution in [3.8, 4) is 0 Å². The van der Waals surface area contributed by atoms with Gasteiger partial charge in [0, 0.05) is 33.0 Å². The molecule has 1 saturated heterocycles. The van der Waals surface area contributed by atoms with Crippen LogP contribution in [-0.2, 0) is 21.7 Å². The number of rotatable bonds is 6. The van der Waals surface area contributed by atoms with E-state index in [4.69, 9.17) is 11.6 Å². The van der Waals surface area contributed by atoms with Crippen molar-refractivity contribution in [2.45, 2.75) is 10.8 Å². The monoisotopic (exact) mass is 492 g/mol. The first-order chi connectivity index (χ1) is 16.5. The average Bonchev–Trinajstić information content (AvgIpc) is 3.36. The van der Waals surface area contributed by atoms with Crippen LogP contribution in [0.1, 0.15) is 11.1 Å². The Morgan fingerprint density at radius 3 is 2.65 bits per heavy atom. The number of anilines is 2. The van der Waals surface area contributed by atoms with Gasteiger partial charge in [0.1, 0.15) is 17.3 Å². The lowest BCUT2D eigenvalue weighted by molar-refractivity contribution is -0.115. The topological polar surface area (TPSA) is 123 Å². The molecule has 9 nitrogen and oxygen atoms in total. The lowest BCUT2D eigenvalue weighted by Gasteiger charge is -2.14. The number of fused-ring (bicyclic) bond motifs is 1. The number of halogens is 1. The van der Waals surface area contributed by atoms with Gasteiger partial charge in [-0.15, -0.1) is 0 Å². The number of imide groups is 1. The van der Waals surface area contributed by atoms with E-state index in [2.05, 4.69) is 26.0 Å². The summed E-state index contributed by atoms with van der Waals surface area (Å²) in [6.45, 7) is 0. The first-order valence-electron chi connectivity index (χ1n) is 10.1. The zero-order valence-corrected chi connectivity index (χ0v) is 19.1. The van der Waals surface area contributed by atoms with Crippen LogP contribution in [0.5, 0.6) is 0 Å². The molecule has 3 amide bonds. The fourth-order valence-electron chi connectivity index (χ4n) is 3.43. The van der Waals surface area contributed by atoms with E-state index in [9.17, 15) is 14.1 Å². The van der Waals surface area contributed by atoms with Gasteiger partial charge in [-0.1, -0.05) is 48.0 Å². The predicted octanol–water partition coefficient (Wildman–Crippen LogP) is 3.61. The number of benzene rings is 2. The minimum Gasteiger partial charge on any atom is -0.610 e. The first-order valence-corrected chi connectivity index (χ1v) is 11.8. The minimum atomic E-state index is -1.46. The summed E-state index contributed by atoms with van der Waals surface area (Å²) in [5.74, 6) is 0.155. The summed E-state index contributed by atoms with van der Waals surface area (Å²) in [5.41, 5.74) is 2.52. The molecule has 3 heterocycles. The number of hydrogen-bond acceptors (Lipinski definition) is 6. The van der Waals surface area contributed by atoms with E-state index in [1.807, 2.05) is 36.4 Å². The number of carbonyl (C=O) groups excluding carboxylic acids is 2. The molecule has 4 aromatic rings. The summed E-state index contributed by atoms with van der Waals surface area (Å²) < 4.78 is 14.8. The van der Waals surface area contributed by atoms with E-state index in [-0.39, 0.29) is 11.4 Å². The highest BCUT2D eigenvalue weighted by Gasteiger charge is 2.25. The minimum absolute atomic E-state index is 0.0712. The summed E-state index contributed by atoms with van der Waals surface area (Å²) in [5, 5.41) is 13.1. The Morgan fingerprint density at radius 1 is 1.09 bits per heavy atom. The maximum Gasteiger partial charge on any atom is 0.326 e. The van der Waals surface area contributed by atoms with Crippen molar-refractivity contribution in [1.82, 2.24) is 25.2 Å². The van der Waals surface area contributed by atoms with Gasteiger partial charge in [0.25, 0.3) is 10.9 Å². The third kappa shape index (κ3) is 4.60. The Hall–Kier alpha value is -3.86. The second kappa shape index (κ2) is 9.18. The Balaban J connectivity index is 1.59. The number of carbonyl (C=O) groups is 2. The highest BCUT2D eigenvalue weighted by atomic mass is 35.5. The van der Waals surface area contributed by atoms with E-state index in [0.717, 1.165) is 5.56 Å². The Morgan fingerprint density at radius 2 is 1.91 bits per heavy atom. The van der Waals surface area contributed by atoms with Crippen molar-refractivity contribution in [2.24, 2.45) is 0 Å². The molecule has 0 bridgehead atoms. The second-order valence-corrected chi connectivity index (χ2v) is 9.23. The van der Waals surface area contributed by atoms with Crippen LogP contribution in [0.25, 0.3) is 11.7 Å². The molecule has 1 aliphatic rings. The van der Waals surface area contributed by atoms with Crippen molar-refractivity contribution >= 4 is 57.9 Å². The van der Waals surface area contributed by atoms with E-state index in [0.29, 0.717) is 32.8 Å². The molecular weight excluding hydrogens is 476 g/mol. The fourth-order valence-corrected chi connectivity index (χ4v) is 4.83. The summed E-state index contributed by atoms with van der Waals surface area (Å²) in [7, 11) is 0. The predicted molar refractivity (Wildman–Crippen MR) is 129 cm³/mol. The Bertz CT molecular complexity index is 1440. The average molecular weight is 493 g/mol. The summed E-state index contributed by atoms with van der Waals surface area (Å²) in [6, 6.07) is 17.7. The quantitative estimate of drug-likeness (QED) is 0.163. The van der Waals surface area contributed by atoms with Gasteiger partial charge in [-0.25, -0.2) is 9.78 Å². The molecule has 2 aromatic heterocycles. The largest absolute Gasteiger partial charge is 0.610 e. The molecule has 170 valence electrons. The maximum atomic E-state index is 13.4.